The maximum absolute atomic E-state index is 13.6. The zero-order valence-electron chi connectivity index (χ0n) is 20.1. The van der Waals surface area contributed by atoms with Gasteiger partial charge in [-0.1, -0.05) is 54.0 Å². The highest BCUT2D eigenvalue weighted by Crippen LogP contribution is 2.65. The van der Waals surface area contributed by atoms with E-state index in [2.05, 4.69) is 31.1 Å². The Labute approximate surface area is 194 Å². The van der Waals surface area contributed by atoms with E-state index in [9.17, 15) is 24.0 Å². The topological polar surface area (TPSA) is 139 Å². The molecular formula is C24H36N4O5. The van der Waals surface area contributed by atoms with Gasteiger partial charge in [0, 0.05) is 6.54 Å². The molecule has 1 aliphatic heterocycles. The van der Waals surface area contributed by atoms with E-state index in [1.165, 1.54) is 4.90 Å². The van der Waals surface area contributed by atoms with Crippen molar-refractivity contribution in [3.63, 3.8) is 0 Å². The number of carbonyl (C=O) groups is 5. The number of fused-ring (bicyclic) bond motifs is 1. The summed E-state index contributed by atoms with van der Waals surface area (Å²) in [6, 6.07) is -2.63. The van der Waals surface area contributed by atoms with Crippen LogP contribution in [0.1, 0.15) is 53.9 Å². The number of nitrogens with zero attached hydrogens (tertiary/aromatic N) is 1. The van der Waals surface area contributed by atoms with Gasteiger partial charge in [0.2, 0.25) is 23.5 Å². The fraction of sp³-hybridized carbons (Fsp3) is 0.708. The summed E-state index contributed by atoms with van der Waals surface area (Å²) in [4.78, 5) is 64.5. The molecule has 5 atom stereocenters. The number of hydrogen-bond donors (Lipinski definition) is 3. The largest absolute Gasteiger partial charge is 0.363 e. The van der Waals surface area contributed by atoms with Gasteiger partial charge in [-0.25, -0.2) is 0 Å². The molecule has 1 saturated heterocycles. The molecule has 2 saturated carbocycles. The SMILES string of the molecule is C=CC(=O)NC(C(=O)N1C[C@H]2[C@@H]([C@H]1C(=O)NC(CC1CC1)C(=O)C(N)=O)C2(C)C)C(C)(C)C. The van der Waals surface area contributed by atoms with E-state index >= 15 is 0 Å². The van der Waals surface area contributed by atoms with Gasteiger partial charge in [-0.05, 0) is 41.1 Å². The van der Waals surface area contributed by atoms with Gasteiger partial charge in [0.15, 0.2) is 0 Å². The van der Waals surface area contributed by atoms with Crippen molar-refractivity contribution in [2.45, 2.75) is 72.0 Å². The Hall–Kier alpha value is -2.71. The zero-order chi connectivity index (χ0) is 24.9. The van der Waals surface area contributed by atoms with Crippen LogP contribution in [0.15, 0.2) is 12.7 Å². The minimum Gasteiger partial charge on any atom is -0.363 e. The van der Waals surface area contributed by atoms with Gasteiger partial charge in [-0.15, -0.1) is 0 Å². The van der Waals surface area contributed by atoms with Gasteiger partial charge in [-0.3, -0.25) is 24.0 Å². The first-order valence-corrected chi connectivity index (χ1v) is 11.6. The average molecular weight is 461 g/mol. The van der Waals surface area contributed by atoms with Gasteiger partial charge in [-0.2, -0.15) is 0 Å². The van der Waals surface area contributed by atoms with Crippen molar-refractivity contribution in [1.82, 2.24) is 15.5 Å². The number of primary amides is 1. The second-order valence-corrected chi connectivity index (χ2v) is 11.4. The second kappa shape index (κ2) is 8.57. The van der Waals surface area contributed by atoms with Gasteiger partial charge in [0.1, 0.15) is 12.1 Å². The first-order chi connectivity index (χ1) is 15.2. The highest BCUT2D eigenvalue weighted by molar-refractivity contribution is 6.37. The predicted molar refractivity (Wildman–Crippen MR) is 121 cm³/mol. The lowest BCUT2D eigenvalue weighted by Gasteiger charge is -2.37. The molecule has 1 heterocycles. The number of amides is 4. The van der Waals surface area contributed by atoms with Crippen molar-refractivity contribution in [3.05, 3.63) is 12.7 Å². The first kappa shape index (κ1) is 24.9. The molecule has 0 bridgehead atoms. The number of nitrogens with one attached hydrogen (secondary N) is 2. The third-order valence-corrected chi connectivity index (χ3v) is 7.49. The van der Waals surface area contributed by atoms with E-state index in [4.69, 9.17) is 5.73 Å². The summed E-state index contributed by atoms with van der Waals surface area (Å²) in [5, 5.41) is 5.44. The summed E-state index contributed by atoms with van der Waals surface area (Å²) in [6.45, 7) is 13.5. The Balaban J connectivity index is 1.85. The van der Waals surface area contributed by atoms with Crippen molar-refractivity contribution in [2.24, 2.45) is 34.3 Å². The summed E-state index contributed by atoms with van der Waals surface area (Å²) >= 11 is 0. The number of hydrogen-bond acceptors (Lipinski definition) is 5. The van der Waals surface area contributed by atoms with Crippen molar-refractivity contribution in [2.75, 3.05) is 6.54 Å². The molecule has 182 valence electrons. The molecule has 0 aromatic carbocycles. The standard InChI is InChI=1S/C24H36N4O5/c1-7-15(29)27-19(23(2,3)4)22(33)28-11-13-16(24(13,5)6)17(28)21(32)26-14(10-12-8-9-12)18(30)20(25)31/h7,12-14,16-17,19H,1,8-11H2,2-6H3,(H2,25,31)(H,26,32)(H,27,29)/t13-,14?,16-,17-,19?/m0/s1. The van der Waals surface area contributed by atoms with Crippen LogP contribution in [0.5, 0.6) is 0 Å². The van der Waals surface area contributed by atoms with E-state index in [1.54, 1.807) is 0 Å². The summed E-state index contributed by atoms with van der Waals surface area (Å²) < 4.78 is 0. The van der Waals surface area contributed by atoms with Crippen LogP contribution >= 0.6 is 0 Å². The predicted octanol–water partition coefficient (Wildman–Crippen LogP) is 0.526. The molecule has 9 nitrogen and oxygen atoms in total. The summed E-state index contributed by atoms with van der Waals surface area (Å²) in [5.41, 5.74) is 4.48. The lowest BCUT2D eigenvalue weighted by Crippen LogP contribution is -2.60. The molecular weight excluding hydrogens is 424 g/mol. The van der Waals surface area contributed by atoms with Gasteiger partial charge < -0.3 is 21.3 Å². The first-order valence-electron chi connectivity index (χ1n) is 11.6. The number of ketones is 1. The van der Waals surface area contributed by atoms with Crippen LogP contribution in [0.2, 0.25) is 0 Å². The van der Waals surface area contributed by atoms with E-state index in [0.717, 1.165) is 18.9 Å². The zero-order valence-corrected chi connectivity index (χ0v) is 20.1. The Kier molecular flexibility index (Phi) is 6.47. The molecule has 2 aliphatic carbocycles. The normalized spacial score (nSPS) is 27.1. The molecule has 3 rings (SSSR count). The smallest absolute Gasteiger partial charge is 0.287 e. The maximum Gasteiger partial charge on any atom is 0.287 e. The third kappa shape index (κ3) is 4.96. The Bertz CT molecular complexity index is 886. The molecule has 2 unspecified atom stereocenters. The van der Waals surface area contributed by atoms with Gasteiger partial charge >= 0.3 is 0 Å². The fourth-order valence-corrected chi connectivity index (χ4v) is 5.18. The lowest BCUT2D eigenvalue weighted by molar-refractivity contribution is -0.146. The molecule has 0 aromatic heterocycles. The Morgan fingerprint density at radius 2 is 1.76 bits per heavy atom. The van der Waals surface area contributed by atoms with Crippen molar-refractivity contribution in [1.29, 1.82) is 0 Å². The van der Waals surface area contributed by atoms with Crippen molar-refractivity contribution < 1.29 is 24.0 Å². The molecule has 4 N–H and O–H groups in total. The van der Waals surface area contributed by atoms with Crippen LogP contribution in [0.25, 0.3) is 0 Å². The average Bonchev–Trinajstić information content (AvgIpc) is 3.56. The van der Waals surface area contributed by atoms with Crippen LogP contribution in [0, 0.1) is 28.6 Å². The number of rotatable bonds is 9. The number of nitrogens with two attached hydrogens (primary N) is 1. The van der Waals surface area contributed by atoms with E-state index < -0.39 is 47.0 Å². The Morgan fingerprint density at radius 3 is 2.24 bits per heavy atom. The Morgan fingerprint density at radius 1 is 1.15 bits per heavy atom. The van der Waals surface area contributed by atoms with E-state index in [1.807, 2.05) is 20.8 Å². The van der Waals surface area contributed by atoms with Gasteiger partial charge in [0.25, 0.3) is 5.91 Å². The molecule has 0 radical (unpaired) electrons. The number of likely N-dealkylation sites (tertiary alicyclic amines) is 1. The summed E-state index contributed by atoms with van der Waals surface area (Å²) in [6.07, 6.45) is 3.37. The van der Waals surface area contributed by atoms with Crippen LogP contribution < -0.4 is 16.4 Å². The monoisotopic (exact) mass is 460 g/mol. The number of Topliss-reactive ketones (excluding diaryl/α,β-unsaturated/α-hetero) is 1. The minimum atomic E-state index is -1.08. The number of carbonyl (C=O) groups excluding carboxylic acids is 5. The molecule has 0 spiro atoms. The minimum absolute atomic E-state index is 0.0672. The van der Waals surface area contributed by atoms with Crippen LogP contribution in [0.3, 0.4) is 0 Å². The van der Waals surface area contributed by atoms with Gasteiger partial charge in [0.05, 0.1) is 6.04 Å². The summed E-state index contributed by atoms with van der Waals surface area (Å²) in [7, 11) is 0. The number of piperidine rings is 1. The molecule has 33 heavy (non-hydrogen) atoms. The van der Waals surface area contributed by atoms with Crippen LogP contribution in [-0.4, -0.2) is 59.0 Å². The molecule has 4 amide bonds. The maximum atomic E-state index is 13.6. The quantitative estimate of drug-likeness (QED) is 0.340. The third-order valence-electron chi connectivity index (χ3n) is 7.49. The van der Waals surface area contributed by atoms with E-state index in [0.29, 0.717) is 13.0 Å². The van der Waals surface area contributed by atoms with Crippen LogP contribution in [-0.2, 0) is 24.0 Å². The van der Waals surface area contributed by atoms with E-state index in [-0.39, 0.29) is 29.1 Å². The fourth-order valence-electron chi connectivity index (χ4n) is 5.18. The highest BCUT2D eigenvalue weighted by atomic mass is 16.2. The second-order valence-electron chi connectivity index (χ2n) is 11.4. The molecule has 3 fully saturated rings. The highest BCUT2D eigenvalue weighted by Gasteiger charge is 2.69. The van der Waals surface area contributed by atoms with Crippen molar-refractivity contribution >= 4 is 29.4 Å². The van der Waals surface area contributed by atoms with Crippen molar-refractivity contribution in [3.8, 4) is 0 Å². The summed E-state index contributed by atoms with van der Waals surface area (Å²) in [5.74, 6) is -2.81. The molecule has 9 heteroatoms. The van der Waals surface area contributed by atoms with Crippen LogP contribution in [0.4, 0.5) is 0 Å². The lowest BCUT2D eigenvalue weighted by atomic mass is 9.85. The molecule has 3 aliphatic rings. The molecule has 0 aromatic rings.